The molecule has 0 aliphatic heterocycles. The van der Waals surface area contributed by atoms with Gasteiger partial charge in [-0.05, 0) is 18.9 Å². The molecule has 1 atom stereocenters. The number of benzene rings is 1. The maximum Gasteiger partial charge on any atom is 0.338 e. The topological polar surface area (TPSA) is 87.7 Å². The number of carboxylic acids is 1. The third kappa shape index (κ3) is 5.86. The molecule has 0 bridgehead atoms. The van der Waals surface area contributed by atoms with Crippen LogP contribution in [0.25, 0.3) is 0 Å². The van der Waals surface area contributed by atoms with Crippen LogP contribution >= 0.6 is 0 Å². The number of aliphatic carboxylic acids is 1. The summed E-state index contributed by atoms with van der Waals surface area (Å²) in [5.41, 5.74) is 3.11. The summed E-state index contributed by atoms with van der Waals surface area (Å²) in [6.45, 7) is 1.28. The van der Waals surface area contributed by atoms with Gasteiger partial charge in [0, 0.05) is 6.04 Å². The zero-order valence-electron chi connectivity index (χ0n) is 10.1. The largest absolute Gasteiger partial charge is 0.479 e. The fraction of sp³-hybridized carbons (Fsp3) is 0.333. The van der Waals surface area contributed by atoms with Gasteiger partial charge in [0.1, 0.15) is 0 Å². The number of hydroxylamine groups is 1. The zero-order chi connectivity index (χ0) is 13.4. The molecule has 0 saturated heterocycles. The van der Waals surface area contributed by atoms with Crippen molar-refractivity contribution in [3.05, 3.63) is 35.9 Å². The van der Waals surface area contributed by atoms with E-state index in [1.165, 1.54) is 0 Å². The summed E-state index contributed by atoms with van der Waals surface area (Å²) in [6.07, 6.45) is 0.688. The quantitative estimate of drug-likeness (QED) is 0.657. The maximum absolute atomic E-state index is 11.3. The lowest BCUT2D eigenvalue weighted by molar-refractivity contribution is -0.144. The van der Waals surface area contributed by atoms with E-state index in [-0.39, 0.29) is 6.04 Å². The number of carbonyl (C=O) groups excluding carboxylic acids is 1. The lowest BCUT2D eigenvalue weighted by Gasteiger charge is -2.14. The molecule has 1 aromatic rings. The number of nitrogens with one attached hydrogen (secondary N) is 2. The third-order valence-corrected chi connectivity index (χ3v) is 2.12. The number of rotatable bonds is 6. The number of urea groups is 1. The number of hydrogen-bond acceptors (Lipinski definition) is 3. The molecule has 0 spiro atoms. The van der Waals surface area contributed by atoms with Gasteiger partial charge in [-0.3, -0.25) is 4.84 Å². The second kappa shape index (κ2) is 7.29. The smallest absolute Gasteiger partial charge is 0.338 e. The molecule has 6 heteroatoms. The van der Waals surface area contributed by atoms with Crippen LogP contribution in [0.5, 0.6) is 0 Å². The molecule has 0 saturated carbocycles. The van der Waals surface area contributed by atoms with E-state index in [0.717, 1.165) is 5.56 Å². The van der Waals surface area contributed by atoms with Crippen molar-refractivity contribution in [2.24, 2.45) is 0 Å². The van der Waals surface area contributed by atoms with Crippen molar-refractivity contribution < 1.29 is 19.5 Å². The molecule has 0 aliphatic carbocycles. The summed E-state index contributed by atoms with van der Waals surface area (Å²) in [6, 6.07) is 9.08. The van der Waals surface area contributed by atoms with Crippen LogP contribution in [0.3, 0.4) is 0 Å². The maximum atomic E-state index is 11.3. The highest BCUT2D eigenvalue weighted by molar-refractivity contribution is 5.73. The van der Waals surface area contributed by atoms with Crippen molar-refractivity contribution in [2.45, 2.75) is 19.4 Å². The zero-order valence-corrected chi connectivity index (χ0v) is 10.1. The molecule has 3 N–H and O–H groups in total. The molecule has 18 heavy (non-hydrogen) atoms. The summed E-state index contributed by atoms with van der Waals surface area (Å²) in [4.78, 5) is 25.9. The Balaban J connectivity index is 2.25. The SMILES string of the molecule is CC(Cc1ccccc1)NC(=O)NOCC(=O)O. The second-order valence-electron chi connectivity index (χ2n) is 3.85. The first kappa shape index (κ1) is 14.0. The fourth-order valence-electron chi connectivity index (χ4n) is 1.44. The highest BCUT2D eigenvalue weighted by Crippen LogP contribution is 2.02. The third-order valence-electron chi connectivity index (χ3n) is 2.12. The van der Waals surface area contributed by atoms with E-state index in [0.29, 0.717) is 6.42 Å². The van der Waals surface area contributed by atoms with Crippen LogP contribution in [0.2, 0.25) is 0 Å². The van der Waals surface area contributed by atoms with Crippen molar-refractivity contribution in [3.63, 3.8) is 0 Å². The van der Waals surface area contributed by atoms with Gasteiger partial charge >= 0.3 is 12.0 Å². The van der Waals surface area contributed by atoms with Gasteiger partial charge in [0.05, 0.1) is 0 Å². The normalized spacial score (nSPS) is 11.6. The lowest BCUT2D eigenvalue weighted by atomic mass is 10.1. The Labute approximate surface area is 105 Å². The van der Waals surface area contributed by atoms with Gasteiger partial charge in [-0.2, -0.15) is 0 Å². The first-order chi connectivity index (χ1) is 8.58. The Morgan fingerprint density at radius 2 is 2.00 bits per heavy atom. The van der Waals surface area contributed by atoms with Gasteiger partial charge in [0.2, 0.25) is 0 Å². The highest BCUT2D eigenvalue weighted by Gasteiger charge is 2.08. The first-order valence-electron chi connectivity index (χ1n) is 5.52. The van der Waals surface area contributed by atoms with Gasteiger partial charge in [0.15, 0.2) is 6.61 Å². The Morgan fingerprint density at radius 1 is 1.33 bits per heavy atom. The molecule has 0 aliphatic rings. The van der Waals surface area contributed by atoms with Crippen LogP contribution in [-0.2, 0) is 16.1 Å². The van der Waals surface area contributed by atoms with Crippen LogP contribution in [0, 0.1) is 0 Å². The molecule has 1 rings (SSSR count). The summed E-state index contributed by atoms with van der Waals surface area (Å²) >= 11 is 0. The van der Waals surface area contributed by atoms with Crippen LogP contribution in [0.1, 0.15) is 12.5 Å². The van der Waals surface area contributed by atoms with Gasteiger partial charge in [0.25, 0.3) is 0 Å². The Morgan fingerprint density at radius 3 is 2.61 bits per heavy atom. The summed E-state index contributed by atoms with van der Waals surface area (Å²) in [7, 11) is 0. The minimum absolute atomic E-state index is 0.0826. The van der Waals surface area contributed by atoms with Crippen molar-refractivity contribution in [2.75, 3.05) is 6.61 Å². The lowest BCUT2D eigenvalue weighted by Crippen LogP contribution is -2.42. The van der Waals surface area contributed by atoms with Crippen molar-refractivity contribution in [3.8, 4) is 0 Å². The highest BCUT2D eigenvalue weighted by atomic mass is 16.7. The van der Waals surface area contributed by atoms with Crippen molar-refractivity contribution in [1.82, 2.24) is 10.8 Å². The van der Waals surface area contributed by atoms with E-state index in [2.05, 4.69) is 10.2 Å². The Bertz CT molecular complexity index is 394. The fourth-order valence-corrected chi connectivity index (χ4v) is 1.44. The van der Waals surface area contributed by atoms with E-state index in [1.807, 2.05) is 42.7 Å². The molecule has 0 aromatic heterocycles. The Hall–Kier alpha value is -2.08. The van der Waals surface area contributed by atoms with Crippen LogP contribution in [-0.4, -0.2) is 29.8 Å². The minimum atomic E-state index is -1.15. The van der Waals surface area contributed by atoms with Crippen molar-refractivity contribution >= 4 is 12.0 Å². The van der Waals surface area contributed by atoms with E-state index in [1.54, 1.807) is 0 Å². The number of carboxylic acid groups (broad SMARTS) is 1. The number of carbonyl (C=O) groups is 2. The molecule has 1 unspecified atom stereocenters. The van der Waals surface area contributed by atoms with E-state index in [4.69, 9.17) is 5.11 Å². The second-order valence-corrected chi connectivity index (χ2v) is 3.85. The Kier molecular flexibility index (Phi) is 5.66. The average molecular weight is 252 g/mol. The first-order valence-corrected chi connectivity index (χ1v) is 5.52. The molecule has 6 nitrogen and oxygen atoms in total. The van der Waals surface area contributed by atoms with Crippen LogP contribution < -0.4 is 10.8 Å². The predicted octanol–water partition coefficient (Wildman–Crippen LogP) is 0.933. The summed E-state index contributed by atoms with van der Waals surface area (Å²) in [5.74, 6) is -1.15. The summed E-state index contributed by atoms with van der Waals surface area (Å²) < 4.78 is 0. The molecule has 0 radical (unpaired) electrons. The molecule has 2 amide bonds. The van der Waals surface area contributed by atoms with Gasteiger partial charge in [-0.1, -0.05) is 30.3 Å². The van der Waals surface area contributed by atoms with Gasteiger partial charge in [-0.25, -0.2) is 15.1 Å². The molecular formula is C12H16N2O4. The van der Waals surface area contributed by atoms with Gasteiger partial charge in [-0.15, -0.1) is 0 Å². The van der Waals surface area contributed by atoms with Crippen molar-refractivity contribution in [1.29, 1.82) is 0 Å². The molecular weight excluding hydrogens is 236 g/mol. The standard InChI is InChI=1S/C12H16N2O4/c1-9(7-10-5-3-2-4-6-10)13-12(17)14-18-8-11(15)16/h2-6,9H,7-8H2,1H3,(H,15,16)(H2,13,14,17). The van der Waals surface area contributed by atoms with Crippen LogP contribution in [0.15, 0.2) is 30.3 Å². The van der Waals surface area contributed by atoms with E-state index < -0.39 is 18.6 Å². The number of amides is 2. The minimum Gasteiger partial charge on any atom is -0.479 e. The molecule has 0 heterocycles. The summed E-state index contributed by atoms with van der Waals surface area (Å²) in [5, 5.41) is 10.9. The van der Waals surface area contributed by atoms with E-state index in [9.17, 15) is 9.59 Å². The predicted molar refractivity (Wildman–Crippen MR) is 64.9 cm³/mol. The number of hydrogen-bond donors (Lipinski definition) is 3. The van der Waals surface area contributed by atoms with Gasteiger partial charge < -0.3 is 10.4 Å². The average Bonchev–Trinajstić information content (AvgIpc) is 2.29. The molecule has 1 aromatic carbocycles. The molecule has 0 fully saturated rings. The van der Waals surface area contributed by atoms with Crippen LogP contribution in [0.4, 0.5) is 4.79 Å². The monoisotopic (exact) mass is 252 g/mol. The molecule has 98 valence electrons. The van der Waals surface area contributed by atoms with E-state index >= 15 is 0 Å².